The normalized spacial score (nSPS) is 10.1. The summed E-state index contributed by atoms with van der Waals surface area (Å²) in [6.45, 7) is 5.29. The number of carbonyl (C=O) groups is 1. The highest BCUT2D eigenvalue weighted by Crippen LogP contribution is 2.16. The monoisotopic (exact) mass is 252 g/mol. The summed E-state index contributed by atoms with van der Waals surface area (Å²) < 4.78 is 15.2. The highest BCUT2D eigenvalue weighted by atomic mass is 16.7. The molecule has 0 bridgehead atoms. The summed E-state index contributed by atoms with van der Waals surface area (Å²) in [5, 5.41) is 0. The molecule has 100 valence electrons. The van der Waals surface area contributed by atoms with Gasteiger partial charge in [-0.2, -0.15) is 0 Å². The predicted octanol–water partition coefficient (Wildman–Crippen LogP) is 3.33. The summed E-state index contributed by atoms with van der Waals surface area (Å²) in [6.07, 6.45) is 1.42. The first-order valence-corrected chi connectivity index (χ1v) is 6.22. The molecule has 1 aromatic carbocycles. The molecule has 0 unspecified atom stereocenters. The van der Waals surface area contributed by atoms with E-state index >= 15 is 0 Å². The standard InChI is InChI=1S/C14H20O4/c1-3-4-9-16-10-11-17-14(15)18-13-8-6-5-7-12(13)2/h5-8H,3-4,9-11H2,1-2H3. The summed E-state index contributed by atoms with van der Waals surface area (Å²) in [5.41, 5.74) is 0.897. The third-order valence-corrected chi connectivity index (χ3v) is 2.38. The molecule has 18 heavy (non-hydrogen) atoms. The molecule has 1 aromatic rings. The maximum atomic E-state index is 11.4. The lowest BCUT2D eigenvalue weighted by molar-refractivity contribution is 0.0511. The number of rotatable bonds is 7. The van der Waals surface area contributed by atoms with Crippen LogP contribution < -0.4 is 4.74 Å². The molecule has 0 atom stereocenters. The van der Waals surface area contributed by atoms with Gasteiger partial charge in [0.25, 0.3) is 0 Å². The van der Waals surface area contributed by atoms with Crippen LogP contribution >= 0.6 is 0 Å². The van der Waals surface area contributed by atoms with Crippen LogP contribution in [0.25, 0.3) is 0 Å². The average Bonchev–Trinajstić information content (AvgIpc) is 2.36. The number of benzene rings is 1. The smallest absolute Gasteiger partial charge is 0.432 e. The number of ether oxygens (including phenoxy) is 3. The average molecular weight is 252 g/mol. The number of aryl methyl sites for hydroxylation is 1. The maximum absolute atomic E-state index is 11.4. The van der Waals surface area contributed by atoms with Crippen LogP contribution in [0.15, 0.2) is 24.3 Å². The van der Waals surface area contributed by atoms with E-state index in [4.69, 9.17) is 14.2 Å². The zero-order valence-corrected chi connectivity index (χ0v) is 11.0. The molecule has 0 saturated heterocycles. The Hall–Kier alpha value is -1.55. The molecule has 0 amide bonds. The summed E-state index contributed by atoms with van der Waals surface area (Å²) >= 11 is 0. The molecule has 0 aliphatic heterocycles. The Morgan fingerprint density at radius 2 is 1.94 bits per heavy atom. The van der Waals surface area contributed by atoms with Gasteiger partial charge in [-0.3, -0.25) is 0 Å². The van der Waals surface area contributed by atoms with E-state index in [0.29, 0.717) is 19.0 Å². The van der Waals surface area contributed by atoms with Crippen LogP contribution in [0.5, 0.6) is 5.75 Å². The van der Waals surface area contributed by atoms with Crippen molar-refractivity contribution in [2.45, 2.75) is 26.7 Å². The van der Waals surface area contributed by atoms with Gasteiger partial charge in [-0.05, 0) is 25.0 Å². The largest absolute Gasteiger partial charge is 0.513 e. The lowest BCUT2D eigenvalue weighted by atomic mass is 10.2. The Balaban J connectivity index is 2.16. The fourth-order valence-corrected chi connectivity index (χ4v) is 1.32. The minimum atomic E-state index is -0.691. The topological polar surface area (TPSA) is 44.8 Å². The molecule has 0 aliphatic carbocycles. The van der Waals surface area contributed by atoms with Crippen molar-refractivity contribution in [2.24, 2.45) is 0 Å². The predicted molar refractivity (Wildman–Crippen MR) is 68.9 cm³/mol. The number of hydrogen-bond donors (Lipinski definition) is 0. The second kappa shape index (κ2) is 8.53. The zero-order chi connectivity index (χ0) is 13.2. The first kappa shape index (κ1) is 14.5. The molecular weight excluding hydrogens is 232 g/mol. The van der Waals surface area contributed by atoms with Crippen molar-refractivity contribution in [1.29, 1.82) is 0 Å². The Bertz CT molecular complexity index is 363. The van der Waals surface area contributed by atoms with Gasteiger partial charge in [0.1, 0.15) is 12.4 Å². The molecule has 0 aromatic heterocycles. The van der Waals surface area contributed by atoms with E-state index in [-0.39, 0.29) is 6.61 Å². The Morgan fingerprint density at radius 1 is 1.17 bits per heavy atom. The minimum Gasteiger partial charge on any atom is -0.432 e. The highest BCUT2D eigenvalue weighted by molar-refractivity contribution is 5.64. The quantitative estimate of drug-likeness (QED) is 0.424. The van der Waals surface area contributed by atoms with Gasteiger partial charge in [0.15, 0.2) is 0 Å². The van der Waals surface area contributed by atoms with Gasteiger partial charge in [-0.25, -0.2) is 4.79 Å². The van der Waals surface area contributed by atoms with E-state index < -0.39 is 6.16 Å². The van der Waals surface area contributed by atoms with Crippen molar-refractivity contribution in [3.05, 3.63) is 29.8 Å². The van der Waals surface area contributed by atoms with Crippen molar-refractivity contribution < 1.29 is 19.0 Å². The molecule has 0 spiro atoms. The molecule has 0 radical (unpaired) electrons. The summed E-state index contributed by atoms with van der Waals surface area (Å²) in [4.78, 5) is 11.4. The van der Waals surface area contributed by atoms with Crippen LogP contribution in [0.4, 0.5) is 4.79 Å². The van der Waals surface area contributed by atoms with Crippen molar-refractivity contribution in [3.8, 4) is 5.75 Å². The molecule has 4 nitrogen and oxygen atoms in total. The van der Waals surface area contributed by atoms with Crippen molar-refractivity contribution in [3.63, 3.8) is 0 Å². The SMILES string of the molecule is CCCCOCCOC(=O)Oc1ccccc1C. The number of para-hydroxylation sites is 1. The zero-order valence-electron chi connectivity index (χ0n) is 11.0. The fraction of sp³-hybridized carbons (Fsp3) is 0.500. The number of hydrogen-bond acceptors (Lipinski definition) is 4. The Labute approximate surface area is 108 Å². The van der Waals surface area contributed by atoms with E-state index in [2.05, 4.69) is 6.92 Å². The third-order valence-electron chi connectivity index (χ3n) is 2.38. The van der Waals surface area contributed by atoms with Crippen molar-refractivity contribution in [1.82, 2.24) is 0 Å². The summed E-state index contributed by atoms with van der Waals surface area (Å²) in [6, 6.07) is 7.30. The van der Waals surface area contributed by atoms with E-state index in [9.17, 15) is 4.79 Å². The molecular formula is C14H20O4. The molecule has 0 saturated carbocycles. The van der Waals surface area contributed by atoms with E-state index in [1.54, 1.807) is 6.07 Å². The Kier molecular flexibility index (Phi) is 6.87. The van der Waals surface area contributed by atoms with Gasteiger partial charge in [-0.15, -0.1) is 0 Å². The van der Waals surface area contributed by atoms with Gasteiger partial charge in [0.2, 0.25) is 0 Å². The molecule has 0 fully saturated rings. The van der Waals surface area contributed by atoms with Crippen LogP contribution in [0, 0.1) is 6.92 Å². The highest BCUT2D eigenvalue weighted by Gasteiger charge is 2.07. The molecule has 4 heteroatoms. The van der Waals surface area contributed by atoms with Gasteiger partial charge < -0.3 is 14.2 Å². The number of unbranched alkanes of at least 4 members (excludes halogenated alkanes) is 1. The minimum absolute atomic E-state index is 0.217. The van der Waals surface area contributed by atoms with Crippen molar-refractivity contribution >= 4 is 6.16 Å². The van der Waals surface area contributed by atoms with E-state index in [1.807, 2.05) is 25.1 Å². The lowest BCUT2D eigenvalue weighted by Gasteiger charge is -2.08. The van der Waals surface area contributed by atoms with Gasteiger partial charge in [-0.1, -0.05) is 31.5 Å². The van der Waals surface area contributed by atoms with Gasteiger partial charge in [0, 0.05) is 6.61 Å². The van der Waals surface area contributed by atoms with E-state index in [1.165, 1.54) is 0 Å². The molecule has 0 aliphatic rings. The van der Waals surface area contributed by atoms with E-state index in [0.717, 1.165) is 18.4 Å². The number of carbonyl (C=O) groups excluding carboxylic acids is 1. The maximum Gasteiger partial charge on any atom is 0.513 e. The first-order chi connectivity index (χ1) is 8.74. The lowest BCUT2D eigenvalue weighted by Crippen LogP contribution is -2.15. The Morgan fingerprint density at radius 3 is 2.67 bits per heavy atom. The third kappa shape index (κ3) is 5.68. The second-order valence-electron chi connectivity index (χ2n) is 3.93. The summed E-state index contributed by atoms with van der Waals surface area (Å²) in [5.74, 6) is 0.523. The van der Waals surface area contributed by atoms with Gasteiger partial charge >= 0.3 is 6.16 Å². The van der Waals surface area contributed by atoms with Crippen LogP contribution in [-0.2, 0) is 9.47 Å². The summed E-state index contributed by atoms with van der Waals surface area (Å²) in [7, 11) is 0. The van der Waals surface area contributed by atoms with Crippen LogP contribution in [0.3, 0.4) is 0 Å². The molecule has 0 N–H and O–H groups in total. The second-order valence-corrected chi connectivity index (χ2v) is 3.93. The van der Waals surface area contributed by atoms with Crippen LogP contribution in [0.2, 0.25) is 0 Å². The van der Waals surface area contributed by atoms with Crippen LogP contribution in [0.1, 0.15) is 25.3 Å². The first-order valence-electron chi connectivity index (χ1n) is 6.22. The fourth-order valence-electron chi connectivity index (χ4n) is 1.32. The van der Waals surface area contributed by atoms with Crippen molar-refractivity contribution in [2.75, 3.05) is 19.8 Å². The molecule has 0 heterocycles. The molecule has 1 rings (SSSR count). The van der Waals surface area contributed by atoms with Crippen LogP contribution in [-0.4, -0.2) is 26.0 Å². The van der Waals surface area contributed by atoms with Gasteiger partial charge in [0.05, 0.1) is 6.61 Å².